The molecule has 3 aromatic carbocycles. The van der Waals surface area contributed by atoms with Crippen LogP contribution in [0.4, 0.5) is 5.69 Å². The van der Waals surface area contributed by atoms with Crippen molar-refractivity contribution < 1.29 is 14.3 Å². The number of nitrogens with zero attached hydrogens (tertiary/aromatic N) is 3. The third kappa shape index (κ3) is 4.15. The topological polar surface area (TPSA) is 73.7 Å². The molecule has 0 unspecified atom stereocenters. The number of aryl methyl sites for hydroxylation is 1. The Bertz CT molecular complexity index is 1440. The first-order chi connectivity index (χ1) is 16.6. The van der Waals surface area contributed by atoms with E-state index in [4.69, 9.17) is 9.47 Å². The minimum absolute atomic E-state index is 0.209. The molecule has 0 bridgehead atoms. The van der Waals surface area contributed by atoms with Crippen molar-refractivity contribution in [1.29, 1.82) is 0 Å². The maximum atomic E-state index is 13.9. The maximum absolute atomic E-state index is 13.9. The van der Waals surface area contributed by atoms with E-state index in [1.165, 1.54) is 4.68 Å². The molecule has 0 N–H and O–H groups in total. The first-order valence-electron chi connectivity index (χ1n) is 11.0. The molecular formula is C27H23N3O4. The standard InChI is InChI=1S/C27H23N3O4/c1-29-26(31)22-12-6-5-11-21(22)25(28-29)27(32)30(15-7-10-19-8-3-2-4-9-19)20-13-14-23-24(18-20)34-17-16-33-23/h2-14,18H,15-17H2,1H3/b10-7+. The average molecular weight is 453 g/mol. The van der Waals surface area contributed by atoms with Crippen molar-refractivity contribution in [3.05, 3.63) is 100 Å². The molecule has 1 aliphatic heterocycles. The van der Waals surface area contributed by atoms with Gasteiger partial charge in [-0.1, -0.05) is 60.7 Å². The van der Waals surface area contributed by atoms with E-state index in [0.29, 0.717) is 47.7 Å². The van der Waals surface area contributed by atoms with Gasteiger partial charge in [-0.15, -0.1) is 0 Å². The van der Waals surface area contributed by atoms with E-state index < -0.39 is 0 Å². The van der Waals surface area contributed by atoms with Crippen molar-refractivity contribution in [3.8, 4) is 11.5 Å². The summed E-state index contributed by atoms with van der Waals surface area (Å²) in [5, 5.41) is 5.30. The average Bonchev–Trinajstić information content (AvgIpc) is 2.89. The van der Waals surface area contributed by atoms with Gasteiger partial charge in [0, 0.05) is 30.7 Å². The molecule has 7 nitrogen and oxygen atoms in total. The van der Waals surface area contributed by atoms with Gasteiger partial charge in [0.1, 0.15) is 13.2 Å². The van der Waals surface area contributed by atoms with Gasteiger partial charge in [-0.2, -0.15) is 5.10 Å². The lowest BCUT2D eigenvalue weighted by molar-refractivity contribution is 0.0984. The fourth-order valence-electron chi connectivity index (χ4n) is 3.95. The van der Waals surface area contributed by atoms with E-state index in [2.05, 4.69) is 5.10 Å². The van der Waals surface area contributed by atoms with Crippen LogP contribution < -0.4 is 19.9 Å². The molecule has 1 amide bonds. The molecule has 0 radical (unpaired) electrons. The Balaban J connectivity index is 1.57. The lowest BCUT2D eigenvalue weighted by Gasteiger charge is -2.25. The van der Waals surface area contributed by atoms with Crippen molar-refractivity contribution in [1.82, 2.24) is 9.78 Å². The number of amides is 1. The Kier molecular flexibility index (Phi) is 5.82. The van der Waals surface area contributed by atoms with Gasteiger partial charge in [-0.25, -0.2) is 4.68 Å². The largest absolute Gasteiger partial charge is 0.486 e. The number of ether oxygens (including phenoxy) is 2. The number of carbonyl (C=O) groups is 1. The fourth-order valence-corrected chi connectivity index (χ4v) is 3.95. The number of hydrogen-bond donors (Lipinski definition) is 0. The van der Waals surface area contributed by atoms with Crippen LogP contribution in [0.5, 0.6) is 11.5 Å². The molecule has 7 heteroatoms. The first kappa shape index (κ1) is 21.5. The number of fused-ring (bicyclic) bond motifs is 2. The van der Waals surface area contributed by atoms with Crippen LogP contribution in [-0.2, 0) is 7.05 Å². The Morgan fingerprint density at radius 1 is 0.971 bits per heavy atom. The van der Waals surface area contributed by atoms with Crippen LogP contribution in [0.2, 0.25) is 0 Å². The van der Waals surface area contributed by atoms with Crippen LogP contribution in [0.1, 0.15) is 16.1 Å². The Morgan fingerprint density at radius 3 is 2.47 bits per heavy atom. The second-order valence-electron chi connectivity index (χ2n) is 7.88. The van der Waals surface area contributed by atoms with Gasteiger partial charge in [0.15, 0.2) is 17.2 Å². The Labute approximate surface area is 196 Å². The molecule has 2 heterocycles. The lowest BCUT2D eigenvalue weighted by Crippen LogP contribution is -2.34. The predicted molar refractivity (Wildman–Crippen MR) is 132 cm³/mol. The van der Waals surface area contributed by atoms with Crippen LogP contribution in [-0.4, -0.2) is 35.4 Å². The van der Waals surface area contributed by atoms with E-state index in [9.17, 15) is 9.59 Å². The number of rotatable bonds is 5. The molecule has 0 saturated carbocycles. The second-order valence-corrected chi connectivity index (χ2v) is 7.88. The molecular weight excluding hydrogens is 430 g/mol. The number of aromatic nitrogens is 2. The van der Waals surface area contributed by atoms with Gasteiger partial charge in [0.2, 0.25) is 0 Å². The van der Waals surface area contributed by atoms with Gasteiger partial charge in [0.05, 0.1) is 5.39 Å². The zero-order valence-electron chi connectivity index (χ0n) is 18.7. The maximum Gasteiger partial charge on any atom is 0.279 e. The van der Waals surface area contributed by atoms with E-state index >= 15 is 0 Å². The van der Waals surface area contributed by atoms with E-state index in [-0.39, 0.29) is 17.2 Å². The van der Waals surface area contributed by atoms with Gasteiger partial charge in [0.25, 0.3) is 11.5 Å². The minimum atomic E-state index is -0.318. The van der Waals surface area contributed by atoms with Crippen molar-refractivity contribution in [2.45, 2.75) is 0 Å². The molecule has 0 atom stereocenters. The van der Waals surface area contributed by atoms with Crippen LogP contribution in [0.15, 0.2) is 83.7 Å². The Morgan fingerprint density at radius 2 is 1.68 bits per heavy atom. The molecule has 34 heavy (non-hydrogen) atoms. The Hall–Kier alpha value is -4.39. The number of anilines is 1. The zero-order chi connectivity index (χ0) is 23.5. The van der Waals surface area contributed by atoms with Crippen LogP contribution in [0, 0.1) is 0 Å². The number of hydrogen-bond acceptors (Lipinski definition) is 5. The fraction of sp³-hybridized carbons (Fsp3) is 0.148. The summed E-state index contributed by atoms with van der Waals surface area (Å²) in [4.78, 5) is 28.1. The van der Waals surface area contributed by atoms with Crippen LogP contribution >= 0.6 is 0 Å². The third-order valence-electron chi connectivity index (χ3n) is 5.64. The number of benzene rings is 3. The summed E-state index contributed by atoms with van der Waals surface area (Å²) in [5.41, 5.74) is 1.64. The molecule has 0 spiro atoms. The third-order valence-corrected chi connectivity index (χ3v) is 5.64. The summed E-state index contributed by atoms with van der Waals surface area (Å²) in [6.45, 7) is 1.24. The molecule has 1 aromatic heterocycles. The van der Waals surface area contributed by atoms with Gasteiger partial charge in [-0.3, -0.25) is 9.59 Å². The van der Waals surface area contributed by atoms with Crippen molar-refractivity contribution in [3.63, 3.8) is 0 Å². The molecule has 0 fully saturated rings. The summed E-state index contributed by atoms with van der Waals surface area (Å²) in [7, 11) is 1.55. The number of carbonyl (C=O) groups excluding carboxylic acids is 1. The van der Waals surface area contributed by atoms with Crippen LogP contribution in [0.25, 0.3) is 16.8 Å². The highest BCUT2D eigenvalue weighted by molar-refractivity contribution is 6.12. The normalized spacial score (nSPS) is 12.7. The SMILES string of the molecule is Cn1nc(C(=O)N(C/C=C/c2ccccc2)c2ccc3c(c2)OCCO3)c2ccccc2c1=O. The molecule has 0 saturated heterocycles. The van der Waals surface area contributed by atoms with E-state index in [1.807, 2.05) is 48.6 Å². The predicted octanol–water partition coefficient (Wildman–Crippen LogP) is 4.06. The first-order valence-corrected chi connectivity index (χ1v) is 11.0. The highest BCUT2D eigenvalue weighted by atomic mass is 16.6. The minimum Gasteiger partial charge on any atom is -0.486 e. The summed E-state index contributed by atoms with van der Waals surface area (Å²) >= 11 is 0. The lowest BCUT2D eigenvalue weighted by atomic mass is 10.1. The summed E-state index contributed by atoms with van der Waals surface area (Å²) < 4.78 is 12.6. The van der Waals surface area contributed by atoms with Crippen molar-refractivity contribution >= 4 is 28.4 Å². The molecule has 4 aromatic rings. The van der Waals surface area contributed by atoms with Gasteiger partial charge in [-0.05, 0) is 23.8 Å². The van der Waals surface area contributed by atoms with Gasteiger partial charge < -0.3 is 14.4 Å². The second kappa shape index (κ2) is 9.23. The molecule has 0 aliphatic carbocycles. The monoisotopic (exact) mass is 453 g/mol. The van der Waals surface area contributed by atoms with Crippen molar-refractivity contribution in [2.75, 3.05) is 24.7 Å². The quantitative estimate of drug-likeness (QED) is 0.456. The van der Waals surface area contributed by atoms with Crippen molar-refractivity contribution in [2.24, 2.45) is 7.05 Å². The molecule has 1 aliphatic rings. The summed E-state index contributed by atoms with van der Waals surface area (Å²) in [5.74, 6) is 0.918. The highest BCUT2D eigenvalue weighted by Crippen LogP contribution is 2.34. The van der Waals surface area contributed by atoms with Gasteiger partial charge >= 0.3 is 0 Å². The molecule has 170 valence electrons. The highest BCUT2D eigenvalue weighted by Gasteiger charge is 2.24. The summed E-state index contributed by atoms with van der Waals surface area (Å²) in [6.07, 6.45) is 3.89. The zero-order valence-corrected chi connectivity index (χ0v) is 18.7. The van der Waals surface area contributed by atoms with E-state index in [0.717, 1.165) is 5.56 Å². The van der Waals surface area contributed by atoms with Crippen LogP contribution in [0.3, 0.4) is 0 Å². The molecule has 5 rings (SSSR count). The smallest absolute Gasteiger partial charge is 0.279 e. The summed E-state index contributed by atoms with van der Waals surface area (Å²) in [6, 6.07) is 22.3. The van der Waals surface area contributed by atoms with E-state index in [1.54, 1.807) is 48.3 Å².